The van der Waals surface area contributed by atoms with Crippen molar-refractivity contribution in [3.63, 3.8) is 0 Å². The van der Waals surface area contributed by atoms with E-state index in [9.17, 15) is 4.79 Å². The van der Waals surface area contributed by atoms with E-state index in [0.29, 0.717) is 19.1 Å². The van der Waals surface area contributed by atoms with E-state index in [1.54, 1.807) is 11.0 Å². The Morgan fingerprint density at radius 2 is 2.24 bits per heavy atom. The predicted octanol–water partition coefficient (Wildman–Crippen LogP) is 0.840. The Balaban J connectivity index is 1.58. The summed E-state index contributed by atoms with van der Waals surface area (Å²) in [6, 6.07) is 0.586. The first-order valence-corrected chi connectivity index (χ1v) is 7.72. The Hall–Kier alpha value is -1.63. The topological polar surface area (TPSA) is 75.1 Å². The third-order valence-electron chi connectivity index (χ3n) is 4.00. The molecular formula is C14H26N6O. The van der Waals surface area contributed by atoms with Crippen LogP contribution in [-0.2, 0) is 6.54 Å². The first kappa shape index (κ1) is 15.8. The quantitative estimate of drug-likeness (QED) is 0.781. The molecule has 1 atom stereocenters. The lowest BCUT2D eigenvalue weighted by atomic mass is 10.2. The van der Waals surface area contributed by atoms with Crippen LogP contribution in [-0.4, -0.2) is 57.9 Å². The highest BCUT2D eigenvalue weighted by molar-refractivity contribution is 5.74. The van der Waals surface area contributed by atoms with Crippen molar-refractivity contribution >= 4 is 6.03 Å². The predicted molar refractivity (Wildman–Crippen MR) is 80.9 cm³/mol. The largest absolute Gasteiger partial charge is 0.337 e. The van der Waals surface area contributed by atoms with Crippen LogP contribution in [0.4, 0.5) is 4.79 Å². The molecule has 1 heterocycles. The molecule has 0 radical (unpaired) electrons. The molecule has 1 saturated carbocycles. The second kappa shape index (κ2) is 7.97. The van der Waals surface area contributed by atoms with E-state index in [0.717, 1.165) is 6.54 Å². The normalized spacial score (nSPS) is 17.1. The van der Waals surface area contributed by atoms with Crippen molar-refractivity contribution in [2.45, 2.75) is 51.2 Å². The maximum Gasteiger partial charge on any atom is 0.315 e. The van der Waals surface area contributed by atoms with Crippen LogP contribution in [0, 0.1) is 0 Å². The molecular weight excluding hydrogens is 268 g/mol. The molecule has 1 aromatic rings. The maximum atomic E-state index is 11.8. The van der Waals surface area contributed by atoms with Gasteiger partial charge in [-0.15, -0.1) is 0 Å². The first-order chi connectivity index (χ1) is 10.1. The monoisotopic (exact) mass is 294 g/mol. The lowest BCUT2D eigenvalue weighted by Gasteiger charge is -2.24. The molecule has 1 unspecified atom stereocenters. The average molecular weight is 294 g/mol. The summed E-state index contributed by atoms with van der Waals surface area (Å²) in [6.07, 6.45) is 8.39. The third-order valence-corrected chi connectivity index (χ3v) is 4.00. The number of hydrogen-bond acceptors (Lipinski definition) is 4. The van der Waals surface area contributed by atoms with Gasteiger partial charge in [0.2, 0.25) is 0 Å². The SMILES string of the molecule is CC(Cn1cncn1)NC(=O)NCCN(C)C1CCCC1. The van der Waals surface area contributed by atoms with Gasteiger partial charge in [0.05, 0.1) is 6.54 Å². The number of carbonyl (C=O) groups excluding carboxylic acids is 1. The van der Waals surface area contributed by atoms with Gasteiger partial charge in [0.15, 0.2) is 0 Å². The molecule has 0 spiro atoms. The molecule has 1 aliphatic carbocycles. The zero-order valence-corrected chi connectivity index (χ0v) is 13.0. The smallest absolute Gasteiger partial charge is 0.315 e. The Kier molecular flexibility index (Phi) is 5.98. The number of likely N-dealkylation sites (N-methyl/N-ethyl adjacent to an activating group) is 1. The first-order valence-electron chi connectivity index (χ1n) is 7.72. The van der Waals surface area contributed by atoms with Crippen LogP contribution >= 0.6 is 0 Å². The van der Waals surface area contributed by atoms with E-state index >= 15 is 0 Å². The number of carbonyl (C=O) groups is 1. The number of nitrogens with zero attached hydrogens (tertiary/aromatic N) is 4. The fraction of sp³-hybridized carbons (Fsp3) is 0.786. The number of amides is 2. The summed E-state index contributed by atoms with van der Waals surface area (Å²) in [7, 11) is 2.14. The van der Waals surface area contributed by atoms with Gasteiger partial charge in [-0.2, -0.15) is 5.10 Å². The second-order valence-corrected chi connectivity index (χ2v) is 5.84. The molecule has 0 bridgehead atoms. The summed E-state index contributed by atoms with van der Waals surface area (Å²) in [4.78, 5) is 18.0. The molecule has 2 N–H and O–H groups in total. The number of urea groups is 1. The minimum atomic E-state index is -0.123. The highest BCUT2D eigenvalue weighted by atomic mass is 16.2. The number of nitrogens with one attached hydrogen (secondary N) is 2. The van der Waals surface area contributed by atoms with Crippen molar-refractivity contribution in [1.29, 1.82) is 0 Å². The van der Waals surface area contributed by atoms with Crippen LogP contribution in [0.25, 0.3) is 0 Å². The van der Waals surface area contributed by atoms with Crippen molar-refractivity contribution in [3.8, 4) is 0 Å². The van der Waals surface area contributed by atoms with Gasteiger partial charge in [-0.05, 0) is 26.8 Å². The maximum absolute atomic E-state index is 11.8. The fourth-order valence-corrected chi connectivity index (χ4v) is 2.80. The highest BCUT2D eigenvalue weighted by Gasteiger charge is 2.19. The van der Waals surface area contributed by atoms with Gasteiger partial charge in [-0.3, -0.25) is 4.68 Å². The average Bonchev–Trinajstić information content (AvgIpc) is 3.10. The number of hydrogen-bond donors (Lipinski definition) is 2. The van der Waals surface area contributed by atoms with E-state index in [1.807, 2.05) is 6.92 Å². The molecule has 0 saturated heterocycles. The van der Waals surface area contributed by atoms with Crippen LogP contribution in [0.3, 0.4) is 0 Å². The van der Waals surface area contributed by atoms with Gasteiger partial charge in [0, 0.05) is 25.2 Å². The molecule has 2 amide bonds. The van der Waals surface area contributed by atoms with E-state index in [4.69, 9.17) is 0 Å². The summed E-state index contributed by atoms with van der Waals surface area (Å²) in [6.45, 7) is 4.14. The Morgan fingerprint density at radius 1 is 1.48 bits per heavy atom. The molecule has 0 aliphatic heterocycles. The van der Waals surface area contributed by atoms with Gasteiger partial charge in [0.25, 0.3) is 0 Å². The molecule has 7 nitrogen and oxygen atoms in total. The highest BCUT2D eigenvalue weighted by Crippen LogP contribution is 2.21. The summed E-state index contributed by atoms with van der Waals surface area (Å²) >= 11 is 0. The standard InChI is InChI=1S/C14H26N6O/c1-12(9-20-11-15-10-17-20)18-14(21)16-7-8-19(2)13-5-3-4-6-13/h10-13H,3-9H2,1-2H3,(H2,16,18,21). The van der Waals surface area contributed by atoms with Crippen molar-refractivity contribution in [3.05, 3.63) is 12.7 Å². The van der Waals surface area contributed by atoms with Crippen molar-refractivity contribution in [2.24, 2.45) is 0 Å². The Labute approximate surface area is 126 Å². The van der Waals surface area contributed by atoms with Crippen molar-refractivity contribution in [2.75, 3.05) is 20.1 Å². The number of rotatable bonds is 7. The van der Waals surface area contributed by atoms with E-state index in [2.05, 4.69) is 32.7 Å². The molecule has 21 heavy (non-hydrogen) atoms. The van der Waals surface area contributed by atoms with Crippen LogP contribution in [0.2, 0.25) is 0 Å². The molecule has 7 heteroatoms. The Morgan fingerprint density at radius 3 is 2.90 bits per heavy atom. The lowest BCUT2D eigenvalue weighted by molar-refractivity contribution is 0.225. The van der Waals surface area contributed by atoms with Gasteiger partial charge in [0.1, 0.15) is 12.7 Å². The third kappa shape index (κ3) is 5.34. The molecule has 0 aromatic carbocycles. The number of aromatic nitrogens is 3. The Bertz CT molecular complexity index is 415. The summed E-state index contributed by atoms with van der Waals surface area (Å²) < 4.78 is 1.71. The minimum Gasteiger partial charge on any atom is -0.337 e. The zero-order valence-electron chi connectivity index (χ0n) is 13.0. The van der Waals surface area contributed by atoms with Crippen LogP contribution in [0.1, 0.15) is 32.6 Å². The fourth-order valence-electron chi connectivity index (χ4n) is 2.80. The summed E-state index contributed by atoms with van der Waals surface area (Å²) in [5.41, 5.74) is 0. The van der Waals surface area contributed by atoms with Gasteiger partial charge in [-0.1, -0.05) is 12.8 Å². The summed E-state index contributed by atoms with van der Waals surface area (Å²) in [5.74, 6) is 0. The zero-order chi connectivity index (χ0) is 15.1. The van der Waals surface area contributed by atoms with Crippen molar-refractivity contribution in [1.82, 2.24) is 30.3 Å². The molecule has 1 aliphatic rings. The van der Waals surface area contributed by atoms with Crippen LogP contribution < -0.4 is 10.6 Å². The minimum absolute atomic E-state index is 0.0132. The van der Waals surface area contributed by atoms with Gasteiger partial charge in [-0.25, -0.2) is 9.78 Å². The second-order valence-electron chi connectivity index (χ2n) is 5.84. The van der Waals surface area contributed by atoms with Crippen molar-refractivity contribution < 1.29 is 4.79 Å². The molecule has 2 rings (SSSR count). The van der Waals surface area contributed by atoms with E-state index in [-0.39, 0.29) is 12.1 Å². The van der Waals surface area contributed by atoms with E-state index in [1.165, 1.54) is 32.0 Å². The molecule has 1 fully saturated rings. The van der Waals surface area contributed by atoms with Gasteiger partial charge >= 0.3 is 6.03 Å². The van der Waals surface area contributed by atoms with Crippen LogP contribution in [0.5, 0.6) is 0 Å². The summed E-state index contributed by atoms with van der Waals surface area (Å²) in [5, 5.41) is 9.83. The lowest BCUT2D eigenvalue weighted by Crippen LogP contribution is -2.45. The van der Waals surface area contributed by atoms with E-state index < -0.39 is 0 Å². The van der Waals surface area contributed by atoms with Crippen LogP contribution in [0.15, 0.2) is 12.7 Å². The van der Waals surface area contributed by atoms with Gasteiger partial charge < -0.3 is 15.5 Å². The molecule has 1 aromatic heterocycles. The molecule has 118 valence electrons.